The molecule has 2 N–H and O–H groups in total. The highest BCUT2D eigenvalue weighted by Gasteiger charge is 2.22. The van der Waals surface area contributed by atoms with Crippen LogP contribution in [-0.2, 0) is 12.2 Å². The minimum atomic E-state index is -1.14. The summed E-state index contributed by atoms with van der Waals surface area (Å²) in [5, 5.41) is 19.1. The topological polar surface area (TPSA) is 40.5 Å². The summed E-state index contributed by atoms with van der Waals surface area (Å²) in [6, 6.07) is 2.95. The molecule has 0 amide bonds. The maximum Gasteiger partial charge on any atom is 0.127 e. The molecule has 0 aromatic heterocycles. The fourth-order valence-electron chi connectivity index (χ4n) is 1.78. The monoisotopic (exact) mass is 226 g/mol. The smallest absolute Gasteiger partial charge is 0.127 e. The van der Waals surface area contributed by atoms with E-state index >= 15 is 0 Å². The zero-order valence-electron chi connectivity index (χ0n) is 10.2. The summed E-state index contributed by atoms with van der Waals surface area (Å²) < 4.78 is 13.8. The van der Waals surface area contributed by atoms with Crippen molar-refractivity contribution in [3.63, 3.8) is 0 Å². The molecule has 0 saturated carbocycles. The quantitative estimate of drug-likeness (QED) is 0.831. The highest BCUT2D eigenvalue weighted by atomic mass is 19.1. The fourth-order valence-corrected chi connectivity index (χ4v) is 1.78. The van der Waals surface area contributed by atoms with Gasteiger partial charge in [0.1, 0.15) is 5.82 Å². The van der Waals surface area contributed by atoms with Crippen LogP contribution in [0.25, 0.3) is 0 Å². The normalized spacial score (nSPS) is 12.2. The molecule has 0 unspecified atom stereocenters. The maximum absolute atomic E-state index is 13.8. The number of rotatable bonds is 3. The minimum absolute atomic E-state index is 0.0566. The van der Waals surface area contributed by atoms with Crippen molar-refractivity contribution in [3.8, 4) is 0 Å². The second-order valence-corrected chi connectivity index (χ2v) is 4.90. The van der Waals surface area contributed by atoms with Gasteiger partial charge in [-0.15, -0.1) is 0 Å². The lowest BCUT2D eigenvalue weighted by Crippen LogP contribution is -2.19. The van der Waals surface area contributed by atoms with Crippen molar-refractivity contribution in [2.45, 2.75) is 45.8 Å². The van der Waals surface area contributed by atoms with Crippen molar-refractivity contribution in [2.24, 2.45) is 0 Å². The molecule has 0 atom stereocenters. The average Bonchev–Trinajstić information content (AvgIpc) is 2.15. The minimum Gasteiger partial charge on any atom is -0.392 e. The molecule has 2 nitrogen and oxygen atoms in total. The Kier molecular flexibility index (Phi) is 3.71. The van der Waals surface area contributed by atoms with Gasteiger partial charge in [0.15, 0.2) is 0 Å². The summed E-state index contributed by atoms with van der Waals surface area (Å²) in [6.45, 7) is 6.75. The third kappa shape index (κ3) is 2.60. The molecule has 0 saturated heterocycles. The van der Waals surface area contributed by atoms with E-state index < -0.39 is 5.60 Å². The third-order valence-electron chi connectivity index (χ3n) is 2.67. The first-order valence-electron chi connectivity index (χ1n) is 5.43. The molecule has 3 heteroatoms. The lowest BCUT2D eigenvalue weighted by Gasteiger charge is -2.23. The summed E-state index contributed by atoms with van der Waals surface area (Å²) in [5.41, 5.74) is 0.445. The van der Waals surface area contributed by atoms with Crippen molar-refractivity contribution in [1.29, 1.82) is 0 Å². The second-order valence-electron chi connectivity index (χ2n) is 4.90. The van der Waals surface area contributed by atoms with E-state index in [-0.39, 0.29) is 18.3 Å². The highest BCUT2D eigenvalue weighted by molar-refractivity contribution is 5.37. The number of aliphatic hydroxyl groups is 2. The summed E-state index contributed by atoms with van der Waals surface area (Å²) in [6.07, 6.45) is 0. The summed E-state index contributed by atoms with van der Waals surface area (Å²) >= 11 is 0. The number of benzene rings is 1. The van der Waals surface area contributed by atoms with Crippen molar-refractivity contribution in [1.82, 2.24) is 0 Å². The molecule has 1 rings (SSSR count). The zero-order valence-corrected chi connectivity index (χ0v) is 10.2. The van der Waals surface area contributed by atoms with Gasteiger partial charge in [0.25, 0.3) is 0 Å². The molecule has 1 aromatic rings. The van der Waals surface area contributed by atoms with Crippen molar-refractivity contribution in [3.05, 3.63) is 34.6 Å². The first-order chi connectivity index (χ1) is 7.27. The van der Waals surface area contributed by atoms with E-state index in [1.54, 1.807) is 19.9 Å². The van der Waals surface area contributed by atoms with E-state index in [0.29, 0.717) is 16.7 Å². The van der Waals surface area contributed by atoms with Crippen LogP contribution in [0.4, 0.5) is 4.39 Å². The third-order valence-corrected chi connectivity index (χ3v) is 2.67. The summed E-state index contributed by atoms with van der Waals surface area (Å²) in [7, 11) is 0. The molecular formula is C13H19FO2. The van der Waals surface area contributed by atoms with E-state index in [9.17, 15) is 14.6 Å². The van der Waals surface area contributed by atoms with Crippen LogP contribution in [0.5, 0.6) is 0 Å². The zero-order chi connectivity index (χ0) is 12.5. The number of aliphatic hydroxyl groups excluding tert-OH is 1. The Morgan fingerprint density at radius 2 is 1.88 bits per heavy atom. The van der Waals surface area contributed by atoms with Crippen LogP contribution in [0.15, 0.2) is 12.1 Å². The van der Waals surface area contributed by atoms with Gasteiger partial charge in [0, 0.05) is 0 Å². The van der Waals surface area contributed by atoms with Crippen molar-refractivity contribution >= 4 is 0 Å². The molecule has 90 valence electrons. The molecule has 0 aliphatic carbocycles. The molecule has 0 radical (unpaired) electrons. The van der Waals surface area contributed by atoms with Gasteiger partial charge in [-0.25, -0.2) is 4.39 Å². The molecule has 0 heterocycles. The van der Waals surface area contributed by atoms with Crippen molar-refractivity contribution in [2.75, 3.05) is 0 Å². The van der Waals surface area contributed by atoms with Crippen LogP contribution in [0.2, 0.25) is 0 Å². The van der Waals surface area contributed by atoms with E-state index in [0.717, 1.165) is 0 Å². The largest absolute Gasteiger partial charge is 0.392 e. The van der Waals surface area contributed by atoms with Crippen LogP contribution in [0.1, 0.15) is 50.3 Å². The van der Waals surface area contributed by atoms with Gasteiger partial charge in [0.05, 0.1) is 12.2 Å². The molecule has 0 aliphatic rings. The Balaban J connectivity index is 3.38. The van der Waals surface area contributed by atoms with Gasteiger partial charge in [-0.1, -0.05) is 13.8 Å². The van der Waals surface area contributed by atoms with E-state index in [4.69, 9.17) is 0 Å². The lowest BCUT2D eigenvalue weighted by atomic mass is 9.89. The van der Waals surface area contributed by atoms with Gasteiger partial charge in [0.2, 0.25) is 0 Å². The highest BCUT2D eigenvalue weighted by Crippen LogP contribution is 2.29. The first kappa shape index (κ1) is 13.1. The number of halogens is 1. The molecular weight excluding hydrogens is 207 g/mol. The lowest BCUT2D eigenvalue weighted by molar-refractivity contribution is 0.0755. The SMILES string of the molecule is CC(C)c1cc(CO)c(C(C)(C)O)cc1F. The summed E-state index contributed by atoms with van der Waals surface area (Å²) in [4.78, 5) is 0. The van der Waals surface area contributed by atoms with Crippen LogP contribution >= 0.6 is 0 Å². The average molecular weight is 226 g/mol. The van der Waals surface area contributed by atoms with Crippen LogP contribution in [-0.4, -0.2) is 10.2 Å². The predicted molar refractivity (Wildman–Crippen MR) is 61.7 cm³/mol. The van der Waals surface area contributed by atoms with Crippen LogP contribution in [0, 0.1) is 5.82 Å². The molecule has 0 spiro atoms. The van der Waals surface area contributed by atoms with Gasteiger partial charge in [-0.2, -0.15) is 0 Å². The van der Waals surface area contributed by atoms with Gasteiger partial charge >= 0.3 is 0 Å². The van der Waals surface area contributed by atoms with E-state index in [1.807, 2.05) is 13.8 Å². The molecule has 0 fully saturated rings. The molecule has 0 aliphatic heterocycles. The number of hydrogen-bond acceptors (Lipinski definition) is 2. The Labute approximate surface area is 95.7 Å². The van der Waals surface area contributed by atoms with Crippen LogP contribution in [0.3, 0.4) is 0 Å². The fraction of sp³-hybridized carbons (Fsp3) is 0.538. The maximum atomic E-state index is 13.8. The second kappa shape index (κ2) is 4.52. The van der Waals surface area contributed by atoms with Gasteiger partial charge in [-0.05, 0) is 48.6 Å². The van der Waals surface area contributed by atoms with Gasteiger partial charge in [-0.3, -0.25) is 0 Å². The Morgan fingerprint density at radius 3 is 2.25 bits per heavy atom. The standard InChI is InChI=1S/C13H19FO2/c1-8(2)10-5-9(7-15)11(6-12(10)14)13(3,4)16/h5-6,8,15-16H,7H2,1-4H3. The Morgan fingerprint density at radius 1 is 1.31 bits per heavy atom. The molecule has 16 heavy (non-hydrogen) atoms. The van der Waals surface area contributed by atoms with E-state index in [1.165, 1.54) is 6.07 Å². The summed E-state index contributed by atoms with van der Waals surface area (Å²) in [5.74, 6) is -0.273. The first-order valence-corrected chi connectivity index (χ1v) is 5.43. The van der Waals surface area contributed by atoms with E-state index in [2.05, 4.69) is 0 Å². The Hall–Kier alpha value is -0.930. The van der Waals surface area contributed by atoms with Gasteiger partial charge < -0.3 is 10.2 Å². The number of hydrogen-bond donors (Lipinski definition) is 2. The molecule has 0 bridgehead atoms. The van der Waals surface area contributed by atoms with Crippen LogP contribution < -0.4 is 0 Å². The Bertz CT molecular complexity index is 378. The molecule has 1 aromatic carbocycles. The predicted octanol–water partition coefficient (Wildman–Crippen LogP) is 2.67. The van der Waals surface area contributed by atoms with Crippen molar-refractivity contribution < 1.29 is 14.6 Å².